The fourth-order valence-corrected chi connectivity index (χ4v) is 4.42. The summed E-state index contributed by atoms with van der Waals surface area (Å²) in [6.45, 7) is 8.37. The molecule has 9 heteroatoms. The minimum Gasteiger partial charge on any atom is -0.473 e. The first kappa shape index (κ1) is 22.8. The molecule has 0 saturated carbocycles. The van der Waals surface area contributed by atoms with Gasteiger partial charge in [0.15, 0.2) is 0 Å². The molecule has 0 aliphatic rings. The van der Waals surface area contributed by atoms with Crippen molar-refractivity contribution in [2.75, 3.05) is 0 Å². The Morgan fingerprint density at radius 1 is 1.00 bits per heavy atom. The lowest BCUT2D eigenvalue weighted by molar-refractivity contribution is 0.274. The predicted molar refractivity (Wildman–Crippen MR) is 128 cm³/mol. The summed E-state index contributed by atoms with van der Waals surface area (Å²) in [7, 11) is 0. The molecule has 5 rings (SSSR count). The Morgan fingerprint density at radius 3 is 2.49 bits per heavy atom. The van der Waals surface area contributed by atoms with E-state index in [1.807, 2.05) is 50.8 Å². The number of aryl methyl sites for hydroxylation is 5. The van der Waals surface area contributed by atoms with Gasteiger partial charge in [0.05, 0.1) is 28.7 Å². The first-order chi connectivity index (χ1) is 16.8. The van der Waals surface area contributed by atoms with E-state index in [-0.39, 0.29) is 12.2 Å². The summed E-state index contributed by atoms with van der Waals surface area (Å²) in [5.41, 5.74) is 7.64. The Kier molecular flexibility index (Phi) is 5.84. The maximum Gasteiger partial charge on any atom is 0.215 e. The molecule has 0 aliphatic carbocycles. The monoisotopic (exact) mass is 476 g/mol. The van der Waals surface area contributed by atoms with Crippen molar-refractivity contribution in [3.63, 3.8) is 0 Å². The minimum atomic E-state index is -0.639. The smallest absolute Gasteiger partial charge is 0.215 e. The van der Waals surface area contributed by atoms with Crippen LogP contribution in [0.2, 0.25) is 0 Å². The average molecular weight is 477 g/mol. The topological polar surface area (TPSA) is 73.0 Å². The third kappa shape index (κ3) is 4.29. The molecule has 0 aliphatic heterocycles. The fraction of sp³-hybridized carbons (Fsp3) is 0.269. The number of benzene rings is 1. The molecule has 0 bridgehead atoms. The van der Waals surface area contributed by atoms with E-state index in [0.717, 1.165) is 52.3 Å². The van der Waals surface area contributed by atoms with E-state index in [1.165, 1.54) is 23.8 Å². The summed E-state index contributed by atoms with van der Waals surface area (Å²) in [6.07, 6.45) is 4.66. The molecular weight excluding hydrogens is 450 g/mol. The van der Waals surface area contributed by atoms with E-state index in [4.69, 9.17) is 4.74 Å². The molecule has 0 radical (unpaired) electrons. The lowest BCUT2D eigenvalue weighted by atomic mass is 10.1. The van der Waals surface area contributed by atoms with E-state index < -0.39 is 11.6 Å². The Balaban J connectivity index is 1.44. The second kappa shape index (κ2) is 8.98. The van der Waals surface area contributed by atoms with Crippen molar-refractivity contribution in [2.24, 2.45) is 0 Å². The second-order valence-corrected chi connectivity index (χ2v) is 8.77. The molecule has 4 aromatic heterocycles. The zero-order chi connectivity index (χ0) is 24.7. The molecule has 4 heterocycles. The lowest BCUT2D eigenvalue weighted by Crippen LogP contribution is -2.05. The number of aromatic nitrogens is 6. The molecule has 1 N–H and O–H groups in total. The summed E-state index contributed by atoms with van der Waals surface area (Å²) in [5.74, 6) is -0.866. The summed E-state index contributed by atoms with van der Waals surface area (Å²) >= 11 is 0. The first-order valence-corrected chi connectivity index (χ1v) is 11.4. The summed E-state index contributed by atoms with van der Waals surface area (Å²) in [4.78, 5) is 0. The normalized spacial score (nSPS) is 11.5. The Morgan fingerprint density at radius 2 is 1.77 bits per heavy atom. The molecule has 0 unspecified atom stereocenters. The fourth-order valence-electron chi connectivity index (χ4n) is 4.42. The molecule has 0 saturated heterocycles. The summed E-state index contributed by atoms with van der Waals surface area (Å²) in [5, 5.41) is 16.5. The van der Waals surface area contributed by atoms with Gasteiger partial charge in [-0.1, -0.05) is 6.07 Å². The van der Waals surface area contributed by atoms with Crippen LogP contribution in [0, 0.1) is 39.3 Å². The summed E-state index contributed by atoms with van der Waals surface area (Å²) < 4.78 is 37.6. The highest BCUT2D eigenvalue weighted by Crippen LogP contribution is 2.32. The molecular formula is C26H26F2N6O. The van der Waals surface area contributed by atoms with Gasteiger partial charge in [-0.25, -0.2) is 13.3 Å². The molecule has 180 valence electrons. The predicted octanol–water partition coefficient (Wildman–Crippen LogP) is 5.25. The van der Waals surface area contributed by atoms with Gasteiger partial charge < -0.3 is 4.74 Å². The minimum absolute atomic E-state index is 0.115. The Bertz CT molecular complexity index is 1490. The van der Waals surface area contributed by atoms with Crippen molar-refractivity contribution in [3.8, 4) is 17.0 Å². The number of aromatic amines is 1. The third-order valence-corrected chi connectivity index (χ3v) is 6.24. The van der Waals surface area contributed by atoms with E-state index in [2.05, 4.69) is 20.4 Å². The number of rotatable bonds is 7. The number of hydrogen-bond acceptors (Lipinski definition) is 4. The number of fused-ring (bicyclic) bond motifs is 1. The van der Waals surface area contributed by atoms with Crippen molar-refractivity contribution in [3.05, 3.63) is 88.1 Å². The number of pyridine rings is 1. The molecule has 35 heavy (non-hydrogen) atoms. The van der Waals surface area contributed by atoms with Crippen molar-refractivity contribution in [1.29, 1.82) is 0 Å². The van der Waals surface area contributed by atoms with Crippen molar-refractivity contribution in [2.45, 2.75) is 47.3 Å². The van der Waals surface area contributed by atoms with E-state index in [1.54, 1.807) is 10.6 Å². The highest BCUT2D eigenvalue weighted by atomic mass is 19.1. The van der Waals surface area contributed by atoms with Crippen LogP contribution >= 0.6 is 0 Å². The third-order valence-electron chi connectivity index (χ3n) is 6.24. The number of ether oxygens (including phenoxy) is 1. The molecule has 0 fully saturated rings. The van der Waals surface area contributed by atoms with Gasteiger partial charge in [-0.15, -0.1) is 0 Å². The van der Waals surface area contributed by atoms with Crippen LogP contribution in [0.25, 0.3) is 16.6 Å². The molecule has 0 atom stereocenters. The zero-order valence-electron chi connectivity index (χ0n) is 20.1. The van der Waals surface area contributed by atoms with Gasteiger partial charge in [0.2, 0.25) is 5.88 Å². The number of hydrogen-bond donors (Lipinski definition) is 1. The van der Waals surface area contributed by atoms with Crippen LogP contribution < -0.4 is 4.74 Å². The number of halogens is 2. The maximum atomic E-state index is 14.1. The van der Waals surface area contributed by atoms with Crippen molar-refractivity contribution < 1.29 is 13.5 Å². The van der Waals surface area contributed by atoms with E-state index in [9.17, 15) is 8.78 Å². The SMILES string of the molecule is Cc1cc(OCc2c(F)cccc2F)n2nc(C)c(-c3cnn(CCc4c(C)n[nH]c4C)c3)c2c1. The van der Waals surface area contributed by atoms with Crippen LogP contribution in [0.15, 0.2) is 42.7 Å². The molecule has 0 spiro atoms. The van der Waals surface area contributed by atoms with Gasteiger partial charge in [-0.2, -0.15) is 15.3 Å². The standard InChI is InChI=1S/C26H26F2N6O/c1-15-10-24-26(19-12-29-33(13-19)9-8-20-16(2)30-31-17(20)3)18(4)32-34(24)25(11-15)35-14-21-22(27)6-5-7-23(21)28/h5-7,10-13H,8-9,14H2,1-4H3,(H,30,31). The van der Waals surface area contributed by atoms with Crippen LogP contribution in [0.4, 0.5) is 8.78 Å². The molecule has 5 aromatic rings. The molecule has 7 nitrogen and oxygen atoms in total. The van der Waals surface area contributed by atoms with Crippen molar-refractivity contribution >= 4 is 5.52 Å². The van der Waals surface area contributed by atoms with Crippen LogP contribution in [0.5, 0.6) is 5.88 Å². The van der Waals surface area contributed by atoms with Crippen LogP contribution in [-0.4, -0.2) is 29.6 Å². The summed E-state index contributed by atoms with van der Waals surface area (Å²) in [6, 6.07) is 7.59. The highest BCUT2D eigenvalue weighted by molar-refractivity contribution is 5.82. The number of H-pyrrole nitrogens is 1. The van der Waals surface area contributed by atoms with Crippen LogP contribution in [0.3, 0.4) is 0 Å². The largest absolute Gasteiger partial charge is 0.473 e. The first-order valence-electron chi connectivity index (χ1n) is 11.4. The van der Waals surface area contributed by atoms with E-state index in [0.29, 0.717) is 5.88 Å². The average Bonchev–Trinajstić information content (AvgIpc) is 3.49. The molecule has 1 aromatic carbocycles. The molecule has 0 amide bonds. The second-order valence-electron chi connectivity index (χ2n) is 8.77. The quantitative estimate of drug-likeness (QED) is 0.348. The maximum absolute atomic E-state index is 14.1. The van der Waals surface area contributed by atoms with Crippen molar-refractivity contribution in [1.82, 2.24) is 29.6 Å². The van der Waals surface area contributed by atoms with Gasteiger partial charge >= 0.3 is 0 Å². The van der Waals surface area contributed by atoms with Gasteiger partial charge in [0, 0.05) is 35.6 Å². The van der Waals surface area contributed by atoms with E-state index >= 15 is 0 Å². The Labute approximate surface area is 201 Å². The van der Waals surface area contributed by atoms with Gasteiger partial charge in [-0.3, -0.25) is 9.78 Å². The number of nitrogens with zero attached hydrogens (tertiary/aromatic N) is 5. The van der Waals surface area contributed by atoms with Gasteiger partial charge in [-0.05, 0) is 63.4 Å². The highest BCUT2D eigenvalue weighted by Gasteiger charge is 2.18. The van der Waals surface area contributed by atoms with Crippen LogP contribution in [-0.2, 0) is 19.6 Å². The Hall–Kier alpha value is -4.01. The van der Waals surface area contributed by atoms with Gasteiger partial charge in [0.25, 0.3) is 0 Å². The zero-order valence-corrected chi connectivity index (χ0v) is 20.1. The van der Waals surface area contributed by atoms with Crippen LogP contribution in [0.1, 0.15) is 33.8 Å². The number of nitrogens with one attached hydrogen (secondary N) is 1. The van der Waals surface area contributed by atoms with Gasteiger partial charge in [0.1, 0.15) is 18.2 Å². The lowest BCUT2D eigenvalue weighted by Gasteiger charge is -2.11.